The Hall–Kier alpha value is -1.13. The van der Waals surface area contributed by atoms with Gasteiger partial charge in [-0.05, 0) is 37.6 Å². The Morgan fingerprint density at radius 3 is 2.80 bits per heavy atom. The normalized spacial score (nSPS) is 16.0. The highest BCUT2D eigenvalue weighted by Gasteiger charge is 2.13. The number of likely N-dealkylation sites (tertiary alicyclic amines) is 1. The van der Waals surface area contributed by atoms with Gasteiger partial charge >= 0.3 is 0 Å². The van der Waals surface area contributed by atoms with Crippen LogP contribution in [0.2, 0.25) is 0 Å². The molecule has 0 aliphatic carbocycles. The van der Waals surface area contributed by atoms with Gasteiger partial charge in [-0.25, -0.2) is 0 Å². The fourth-order valence-corrected chi connectivity index (χ4v) is 2.64. The molecule has 0 spiro atoms. The summed E-state index contributed by atoms with van der Waals surface area (Å²) in [4.78, 5) is 9.18. The van der Waals surface area contributed by atoms with Gasteiger partial charge in [0, 0.05) is 38.9 Å². The van der Waals surface area contributed by atoms with Crippen molar-refractivity contribution in [1.29, 1.82) is 0 Å². The molecule has 1 aromatic heterocycles. The first kappa shape index (κ1) is 15.3. The summed E-state index contributed by atoms with van der Waals surface area (Å²) < 4.78 is 0. The molecule has 0 atom stereocenters. The van der Waals surface area contributed by atoms with Crippen LogP contribution in [-0.2, 0) is 6.54 Å². The molecule has 0 bridgehead atoms. The molecule has 2 rings (SSSR count). The van der Waals surface area contributed by atoms with E-state index in [0.717, 1.165) is 19.6 Å². The van der Waals surface area contributed by atoms with Crippen LogP contribution in [0.15, 0.2) is 18.5 Å². The van der Waals surface area contributed by atoms with Crippen LogP contribution in [-0.4, -0.2) is 49.2 Å². The molecule has 1 saturated heterocycles. The van der Waals surface area contributed by atoms with E-state index in [1.54, 1.807) is 0 Å². The zero-order chi connectivity index (χ0) is 14.4. The maximum absolute atomic E-state index is 4.29. The number of anilines is 1. The number of aromatic nitrogens is 1. The number of hydrogen-bond acceptors (Lipinski definition) is 4. The van der Waals surface area contributed by atoms with Gasteiger partial charge in [0.1, 0.15) is 0 Å². The molecular weight excluding hydrogens is 248 g/mol. The molecule has 0 unspecified atom stereocenters. The minimum atomic E-state index is 0.505. The Labute approximate surface area is 123 Å². The summed E-state index contributed by atoms with van der Waals surface area (Å²) in [7, 11) is 2.17. The molecule has 112 valence electrons. The van der Waals surface area contributed by atoms with E-state index in [1.807, 2.05) is 12.4 Å². The number of rotatable bonds is 7. The van der Waals surface area contributed by atoms with Crippen LogP contribution >= 0.6 is 0 Å². The first-order valence-corrected chi connectivity index (χ1v) is 7.76. The van der Waals surface area contributed by atoms with Gasteiger partial charge < -0.3 is 15.1 Å². The molecule has 0 aromatic carbocycles. The molecule has 1 aliphatic heterocycles. The van der Waals surface area contributed by atoms with Crippen LogP contribution in [0, 0.1) is 0 Å². The summed E-state index contributed by atoms with van der Waals surface area (Å²) in [5.41, 5.74) is 2.58. The lowest BCUT2D eigenvalue weighted by Crippen LogP contribution is -2.32. The van der Waals surface area contributed by atoms with Crippen LogP contribution in [0.4, 0.5) is 5.69 Å². The molecule has 4 heteroatoms. The fourth-order valence-electron chi connectivity index (χ4n) is 2.64. The van der Waals surface area contributed by atoms with Crippen LogP contribution in [0.1, 0.15) is 32.3 Å². The quantitative estimate of drug-likeness (QED) is 0.826. The average Bonchev–Trinajstić information content (AvgIpc) is 2.96. The fraction of sp³-hybridized carbons (Fsp3) is 0.688. The summed E-state index contributed by atoms with van der Waals surface area (Å²) in [6, 6.07) is 2.63. The lowest BCUT2D eigenvalue weighted by molar-refractivity contribution is 0.346. The van der Waals surface area contributed by atoms with Crippen LogP contribution < -0.4 is 10.2 Å². The van der Waals surface area contributed by atoms with E-state index >= 15 is 0 Å². The van der Waals surface area contributed by atoms with E-state index in [-0.39, 0.29) is 0 Å². The van der Waals surface area contributed by atoms with Gasteiger partial charge in [-0.1, -0.05) is 13.8 Å². The van der Waals surface area contributed by atoms with E-state index in [2.05, 4.69) is 47.1 Å². The van der Waals surface area contributed by atoms with E-state index in [9.17, 15) is 0 Å². The summed E-state index contributed by atoms with van der Waals surface area (Å²) in [5.74, 6) is 0. The molecule has 1 aliphatic rings. The van der Waals surface area contributed by atoms with Crippen molar-refractivity contribution in [2.75, 3.05) is 38.1 Å². The van der Waals surface area contributed by atoms with E-state index in [4.69, 9.17) is 0 Å². The minimum Gasteiger partial charge on any atom is -0.372 e. The highest BCUT2D eigenvalue weighted by molar-refractivity contribution is 5.51. The lowest BCUT2D eigenvalue weighted by Gasteiger charge is -2.25. The maximum Gasteiger partial charge on any atom is 0.0596 e. The lowest BCUT2D eigenvalue weighted by atomic mass is 10.2. The average molecular weight is 276 g/mol. The Bertz CT molecular complexity index is 399. The molecular formula is C16H28N4. The van der Waals surface area contributed by atoms with Gasteiger partial charge in [0.05, 0.1) is 11.9 Å². The van der Waals surface area contributed by atoms with Crippen LogP contribution in [0.3, 0.4) is 0 Å². The van der Waals surface area contributed by atoms with Crippen molar-refractivity contribution in [3.05, 3.63) is 24.0 Å². The van der Waals surface area contributed by atoms with Gasteiger partial charge in [0.15, 0.2) is 0 Å². The van der Waals surface area contributed by atoms with Gasteiger partial charge in [-0.3, -0.25) is 4.98 Å². The number of hydrogen-bond donors (Lipinski definition) is 1. The predicted octanol–water partition coefficient (Wildman–Crippen LogP) is 2.11. The molecule has 0 radical (unpaired) electrons. The van der Waals surface area contributed by atoms with Crippen molar-refractivity contribution >= 4 is 5.69 Å². The first-order valence-electron chi connectivity index (χ1n) is 7.76. The van der Waals surface area contributed by atoms with Crippen LogP contribution in [0.25, 0.3) is 0 Å². The third-order valence-electron chi connectivity index (χ3n) is 3.95. The molecule has 2 heterocycles. The largest absolute Gasteiger partial charge is 0.372 e. The zero-order valence-corrected chi connectivity index (χ0v) is 13.1. The van der Waals surface area contributed by atoms with E-state index in [1.165, 1.54) is 37.2 Å². The van der Waals surface area contributed by atoms with E-state index < -0.39 is 0 Å². The zero-order valence-electron chi connectivity index (χ0n) is 13.1. The van der Waals surface area contributed by atoms with Gasteiger partial charge in [0.2, 0.25) is 0 Å². The van der Waals surface area contributed by atoms with Crippen molar-refractivity contribution < 1.29 is 0 Å². The number of pyridine rings is 1. The summed E-state index contributed by atoms with van der Waals surface area (Å²) in [6.45, 7) is 10.0. The minimum absolute atomic E-state index is 0.505. The molecule has 1 N–H and O–H groups in total. The second-order valence-electron chi connectivity index (χ2n) is 6.01. The van der Waals surface area contributed by atoms with Gasteiger partial charge in [-0.15, -0.1) is 0 Å². The smallest absolute Gasteiger partial charge is 0.0596 e. The van der Waals surface area contributed by atoms with E-state index in [0.29, 0.717) is 6.04 Å². The molecule has 20 heavy (non-hydrogen) atoms. The first-order chi connectivity index (χ1) is 9.66. The van der Waals surface area contributed by atoms with Crippen molar-refractivity contribution in [2.45, 2.75) is 39.3 Å². The van der Waals surface area contributed by atoms with Crippen LogP contribution in [0.5, 0.6) is 0 Å². The summed E-state index contributed by atoms with van der Waals surface area (Å²) >= 11 is 0. The SMILES string of the molecule is CC(C)NCc1ccncc1N(C)CCN1CCCC1. The second-order valence-corrected chi connectivity index (χ2v) is 6.01. The summed E-state index contributed by atoms with van der Waals surface area (Å²) in [5, 5.41) is 3.49. The molecule has 0 saturated carbocycles. The van der Waals surface area contributed by atoms with Gasteiger partial charge in [0.25, 0.3) is 0 Å². The highest BCUT2D eigenvalue weighted by atomic mass is 15.2. The topological polar surface area (TPSA) is 31.4 Å². The number of nitrogens with zero attached hydrogens (tertiary/aromatic N) is 3. The second kappa shape index (κ2) is 7.60. The Morgan fingerprint density at radius 1 is 1.35 bits per heavy atom. The molecule has 1 aromatic rings. The molecule has 4 nitrogen and oxygen atoms in total. The monoisotopic (exact) mass is 276 g/mol. The highest BCUT2D eigenvalue weighted by Crippen LogP contribution is 2.18. The van der Waals surface area contributed by atoms with Gasteiger partial charge in [-0.2, -0.15) is 0 Å². The van der Waals surface area contributed by atoms with Crippen molar-refractivity contribution in [2.24, 2.45) is 0 Å². The predicted molar refractivity (Wildman–Crippen MR) is 85.2 cm³/mol. The standard InChI is InChI=1S/C16H28N4/c1-14(2)18-12-15-6-7-17-13-16(15)19(3)10-11-20-8-4-5-9-20/h6-7,13-14,18H,4-5,8-12H2,1-3H3. The number of likely N-dealkylation sites (N-methyl/N-ethyl adjacent to an activating group) is 1. The van der Waals surface area contributed by atoms with Crippen molar-refractivity contribution in [3.63, 3.8) is 0 Å². The third kappa shape index (κ3) is 4.46. The Balaban J connectivity index is 1.91. The summed E-state index contributed by atoms with van der Waals surface area (Å²) in [6.07, 6.45) is 6.59. The Kier molecular flexibility index (Phi) is 5.80. The third-order valence-corrected chi connectivity index (χ3v) is 3.95. The number of nitrogens with one attached hydrogen (secondary N) is 1. The van der Waals surface area contributed by atoms with Crippen molar-refractivity contribution in [3.8, 4) is 0 Å². The maximum atomic E-state index is 4.29. The van der Waals surface area contributed by atoms with Crippen molar-refractivity contribution in [1.82, 2.24) is 15.2 Å². The Morgan fingerprint density at radius 2 is 2.10 bits per heavy atom. The molecule has 1 fully saturated rings. The molecule has 0 amide bonds.